The number of phenolic OH excluding ortho intramolecular Hbond substituents is 1. The van der Waals surface area contributed by atoms with E-state index in [4.69, 9.17) is 9.47 Å². The van der Waals surface area contributed by atoms with Crippen LogP contribution in [0, 0.1) is 6.92 Å². The van der Waals surface area contributed by atoms with Crippen molar-refractivity contribution in [3.8, 4) is 17.2 Å². The second-order valence-electron chi connectivity index (χ2n) is 4.04. The smallest absolute Gasteiger partial charge is 0.341 e. The molecular formula is C15H14O4. The SMILES string of the molecule is COC(=O)c1cccc(C)c1Oc1ccc(O)cc1. The summed E-state index contributed by atoms with van der Waals surface area (Å²) in [5.74, 6) is 0.708. The zero-order chi connectivity index (χ0) is 13.8. The molecule has 0 aliphatic carbocycles. The van der Waals surface area contributed by atoms with Crippen molar-refractivity contribution < 1.29 is 19.4 Å². The van der Waals surface area contributed by atoms with Crippen LogP contribution in [-0.4, -0.2) is 18.2 Å². The lowest BCUT2D eigenvalue weighted by Gasteiger charge is -2.12. The molecule has 0 aliphatic heterocycles. The van der Waals surface area contributed by atoms with E-state index in [0.717, 1.165) is 5.56 Å². The fourth-order valence-corrected chi connectivity index (χ4v) is 1.69. The van der Waals surface area contributed by atoms with Gasteiger partial charge in [-0.2, -0.15) is 0 Å². The van der Waals surface area contributed by atoms with Crippen LogP contribution in [0.25, 0.3) is 0 Å². The molecule has 1 N–H and O–H groups in total. The summed E-state index contributed by atoms with van der Waals surface area (Å²) in [4.78, 5) is 11.7. The summed E-state index contributed by atoms with van der Waals surface area (Å²) in [7, 11) is 1.33. The predicted molar refractivity (Wildman–Crippen MR) is 70.7 cm³/mol. The van der Waals surface area contributed by atoms with Gasteiger partial charge in [-0.25, -0.2) is 4.79 Å². The Morgan fingerprint density at radius 1 is 1.11 bits per heavy atom. The minimum absolute atomic E-state index is 0.158. The van der Waals surface area contributed by atoms with Crippen molar-refractivity contribution in [1.29, 1.82) is 0 Å². The minimum atomic E-state index is -0.447. The van der Waals surface area contributed by atoms with Gasteiger partial charge < -0.3 is 14.6 Å². The third-order valence-electron chi connectivity index (χ3n) is 2.67. The summed E-state index contributed by atoms with van der Waals surface area (Å²) < 4.78 is 10.4. The quantitative estimate of drug-likeness (QED) is 0.858. The van der Waals surface area contributed by atoms with E-state index in [1.165, 1.54) is 19.2 Å². The molecule has 2 rings (SSSR count). The van der Waals surface area contributed by atoms with Gasteiger partial charge in [-0.05, 0) is 42.8 Å². The first-order valence-electron chi connectivity index (χ1n) is 5.76. The lowest BCUT2D eigenvalue weighted by Crippen LogP contribution is -2.04. The van der Waals surface area contributed by atoms with Crippen LogP contribution in [0.4, 0.5) is 0 Å². The third-order valence-corrected chi connectivity index (χ3v) is 2.67. The average molecular weight is 258 g/mol. The molecule has 19 heavy (non-hydrogen) atoms. The number of aryl methyl sites for hydroxylation is 1. The highest BCUT2D eigenvalue weighted by atomic mass is 16.5. The summed E-state index contributed by atoms with van der Waals surface area (Å²) in [6.07, 6.45) is 0. The molecule has 0 radical (unpaired) electrons. The number of aromatic hydroxyl groups is 1. The maximum absolute atomic E-state index is 11.7. The van der Waals surface area contributed by atoms with E-state index in [1.54, 1.807) is 24.3 Å². The zero-order valence-corrected chi connectivity index (χ0v) is 10.7. The van der Waals surface area contributed by atoms with Crippen LogP contribution >= 0.6 is 0 Å². The van der Waals surface area contributed by atoms with Crippen LogP contribution in [0.5, 0.6) is 17.2 Å². The van der Waals surface area contributed by atoms with Crippen molar-refractivity contribution in [3.63, 3.8) is 0 Å². The molecule has 0 fully saturated rings. The van der Waals surface area contributed by atoms with E-state index in [9.17, 15) is 9.90 Å². The Labute approximate surface area is 111 Å². The number of methoxy groups -OCH3 is 1. The second-order valence-corrected chi connectivity index (χ2v) is 4.04. The van der Waals surface area contributed by atoms with E-state index in [2.05, 4.69) is 0 Å². The highest BCUT2D eigenvalue weighted by molar-refractivity contribution is 5.93. The molecule has 4 heteroatoms. The van der Waals surface area contributed by atoms with Gasteiger partial charge in [0, 0.05) is 0 Å². The van der Waals surface area contributed by atoms with Crippen molar-refractivity contribution in [2.45, 2.75) is 6.92 Å². The van der Waals surface area contributed by atoms with Crippen LogP contribution < -0.4 is 4.74 Å². The van der Waals surface area contributed by atoms with Gasteiger partial charge in [0.25, 0.3) is 0 Å². The fourth-order valence-electron chi connectivity index (χ4n) is 1.69. The number of carbonyl (C=O) groups is 1. The first kappa shape index (κ1) is 13.0. The van der Waals surface area contributed by atoms with Crippen LogP contribution in [0.15, 0.2) is 42.5 Å². The number of phenols is 1. The van der Waals surface area contributed by atoms with Crippen molar-refractivity contribution in [2.75, 3.05) is 7.11 Å². The maximum atomic E-state index is 11.7. The number of rotatable bonds is 3. The normalized spacial score (nSPS) is 10.0. The van der Waals surface area contributed by atoms with E-state index in [0.29, 0.717) is 17.1 Å². The largest absolute Gasteiger partial charge is 0.508 e. The number of para-hydroxylation sites is 1. The monoisotopic (exact) mass is 258 g/mol. The molecule has 4 nitrogen and oxygen atoms in total. The molecule has 98 valence electrons. The van der Waals surface area contributed by atoms with Crippen molar-refractivity contribution in [3.05, 3.63) is 53.6 Å². The molecule has 2 aromatic carbocycles. The Morgan fingerprint density at radius 2 is 1.79 bits per heavy atom. The van der Waals surface area contributed by atoms with E-state index in [1.807, 2.05) is 13.0 Å². The summed E-state index contributed by atoms with van der Waals surface area (Å²) >= 11 is 0. The average Bonchev–Trinajstić information content (AvgIpc) is 2.42. The highest BCUT2D eigenvalue weighted by Gasteiger charge is 2.15. The van der Waals surface area contributed by atoms with Gasteiger partial charge in [-0.3, -0.25) is 0 Å². The molecule has 0 saturated carbocycles. The van der Waals surface area contributed by atoms with Crippen LogP contribution in [0.3, 0.4) is 0 Å². The Hall–Kier alpha value is -2.49. The number of esters is 1. The molecule has 0 spiro atoms. The Balaban J connectivity index is 2.38. The maximum Gasteiger partial charge on any atom is 0.341 e. The van der Waals surface area contributed by atoms with E-state index < -0.39 is 5.97 Å². The molecule has 0 atom stereocenters. The first-order valence-corrected chi connectivity index (χ1v) is 5.76. The molecule has 0 unspecified atom stereocenters. The molecule has 0 bridgehead atoms. The van der Waals surface area contributed by atoms with E-state index >= 15 is 0 Å². The fraction of sp³-hybridized carbons (Fsp3) is 0.133. The summed E-state index contributed by atoms with van der Waals surface area (Å²) in [6.45, 7) is 1.85. The molecule has 0 aliphatic rings. The lowest BCUT2D eigenvalue weighted by atomic mass is 10.1. The van der Waals surface area contributed by atoms with Crippen molar-refractivity contribution in [2.24, 2.45) is 0 Å². The number of carbonyl (C=O) groups excluding carboxylic acids is 1. The Morgan fingerprint density at radius 3 is 2.42 bits per heavy atom. The molecular weight excluding hydrogens is 244 g/mol. The number of ether oxygens (including phenoxy) is 2. The van der Waals surface area contributed by atoms with Gasteiger partial charge in [0.05, 0.1) is 7.11 Å². The Bertz CT molecular complexity index is 588. The second kappa shape index (κ2) is 5.44. The predicted octanol–water partition coefficient (Wildman–Crippen LogP) is 3.28. The lowest BCUT2D eigenvalue weighted by molar-refractivity contribution is 0.0597. The minimum Gasteiger partial charge on any atom is -0.508 e. The summed E-state index contributed by atoms with van der Waals surface area (Å²) in [6, 6.07) is 11.6. The van der Waals surface area contributed by atoms with Crippen molar-refractivity contribution >= 4 is 5.97 Å². The zero-order valence-electron chi connectivity index (χ0n) is 10.7. The molecule has 0 saturated heterocycles. The number of benzene rings is 2. The molecule has 0 amide bonds. The van der Waals surface area contributed by atoms with Gasteiger partial charge in [0.1, 0.15) is 22.8 Å². The van der Waals surface area contributed by atoms with Gasteiger partial charge in [-0.15, -0.1) is 0 Å². The van der Waals surface area contributed by atoms with E-state index in [-0.39, 0.29) is 5.75 Å². The highest BCUT2D eigenvalue weighted by Crippen LogP contribution is 2.30. The summed E-state index contributed by atoms with van der Waals surface area (Å²) in [5, 5.41) is 9.23. The van der Waals surface area contributed by atoms with Crippen molar-refractivity contribution in [1.82, 2.24) is 0 Å². The van der Waals surface area contributed by atoms with Gasteiger partial charge in [0.2, 0.25) is 0 Å². The van der Waals surface area contributed by atoms with Gasteiger partial charge in [0.15, 0.2) is 0 Å². The molecule has 0 aromatic heterocycles. The standard InChI is InChI=1S/C15H14O4/c1-10-4-3-5-13(15(17)18-2)14(10)19-12-8-6-11(16)7-9-12/h3-9,16H,1-2H3. The van der Waals surface area contributed by atoms with Crippen LogP contribution in [0.2, 0.25) is 0 Å². The third kappa shape index (κ3) is 2.85. The summed E-state index contributed by atoms with van der Waals surface area (Å²) in [5.41, 5.74) is 1.20. The van der Waals surface area contributed by atoms with Crippen LogP contribution in [0.1, 0.15) is 15.9 Å². The van der Waals surface area contributed by atoms with Gasteiger partial charge >= 0.3 is 5.97 Å². The van der Waals surface area contributed by atoms with Gasteiger partial charge in [-0.1, -0.05) is 12.1 Å². The molecule has 0 heterocycles. The number of hydrogen-bond donors (Lipinski definition) is 1. The van der Waals surface area contributed by atoms with Crippen LogP contribution in [-0.2, 0) is 4.74 Å². The Kier molecular flexibility index (Phi) is 3.71. The number of hydrogen-bond acceptors (Lipinski definition) is 4. The topological polar surface area (TPSA) is 55.8 Å². The molecule has 2 aromatic rings. The first-order chi connectivity index (χ1) is 9.11.